The Balaban J connectivity index is 2.25. The van der Waals surface area contributed by atoms with Crippen LogP contribution >= 0.6 is 0 Å². The maximum Gasteiger partial charge on any atom is 0.417 e. The Morgan fingerprint density at radius 3 is 2.70 bits per heavy atom. The number of benzene rings is 1. The molecule has 0 N–H and O–H groups in total. The van der Waals surface area contributed by atoms with E-state index in [2.05, 4.69) is 0 Å². The molecule has 6 heteroatoms. The molecular weight excluding hydrogens is 271 g/mol. The number of hydrogen-bond acceptors (Lipinski definition) is 2. The van der Waals surface area contributed by atoms with Crippen LogP contribution in [0.4, 0.5) is 13.2 Å². The molecule has 0 radical (unpaired) electrons. The minimum atomic E-state index is -4.53. The van der Waals surface area contributed by atoms with Gasteiger partial charge in [-0.15, -0.1) is 0 Å². The number of methoxy groups -OCH3 is 1. The quantitative estimate of drug-likeness (QED) is 0.837. The van der Waals surface area contributed by atoms with Crippen molar-refractivity contribution in [3.63, 3.8) is 0 Å². The van der Waals surface area contributed by atoms with Crippen LogP contribution in [-0.2, 0) is 10.9 Å². The molecule has 1 atom stereocenters. The molecule has 1 saturated heterocycles. The van der Waals surface area contributed by atoms with E-state index in [4.69, 9.17) is 4.74 Å². The number of carbonyl (C=O) groups is 1. The molecule has 1 fully saturated rings. The summed E-state index contributed by atoms with van der Waals surface area (Å²) in [6, 6.07) is 4.89. The number of carbonyl (C=O) groups excluding carboxylic acids is 1. The number of likely N-dealkylation sites (tertiary alicyclic amines) is 1. The van der Waals surface area contributed by atoms with E-state index in [0.29, 0.717) is 13.1 Å². The van der Waals surface area contributed by atoms with Gasteiger partial charge in [-0.25, -0.2) is 0 Å². The molecule has 2 rings (SSSR count). The molecule has 0 aliphatic carbocycles. The number of ether oxygens (including phenoxy) is 1. The average Bonchev–Trinajstić information content (AvgIpc) is 2.45. The van der Waals surface area contributed by atoms with Crippen LogP contribution < -0.4 is 0 Å². The third kappa shape index (κ3) is 3.12. The van der Waals surface area contributed by atoms with Gasteiger partial charge in [0.2, 0.25) is 0 Å². The van der Waals surface area contributed by atoms with Crippen LogP contribution in [-0.4, -0.2) is 37.1 Å². The van der Waals surface area contributed by atoms with Gasteiger partial charge in [0.1, 0.15) is 0 Å². The lowest BCUT2D eigenvalue weighted by Crippen LogP contribution is -2.43. The Morgan fingerprint density at radius 1 is 1.35 bits per heavy atom. The standard InChI is InChI=1S/C14H16F3NO2/c1-20-10-5-4-8-18(9-10)13(19)11-6-2-3-7-12(11)14(15,16)17/h2-3,6-7,10H,4-5,8-9H2,1H3/t10-/m1/s1. The van der Waals surface area contributed by atoms with E-state index in [9.17, 15) is 18.0 Å². The molecule has 1 aliphatic rings. The number of halogens is 3. The molecular formula is C14H16F3NO2. The fourth-order valence-electron chi connectivity index (χ4n) is 2.40. The van der Waals surface area contributed by atoms with Gasteiger partial charge in [-0.3, -0.25) is 4.79 Å². The first-order valence-electron chi connectivity index (χ1n) is 6.41. The van der Waals surface area contributed by atoms with Gasteiger partial charge in [-0.05, 0) is 25.0 Å². The van der Waals surface area contributed by atoms with Gasteiger partial charge in [-0.2, -0.15) is 13.2 Å². The van der Waals surface area contributed by atoms with Crippen molar-refractivity contribution in [1.29, 1.82) is 0 Å². The van der Waals surface area contributed by atoms with Crippen molar-refractivity contribution in [1.82, 2.24) is 4.90 Å². The molecule has 1 aliphatic heterocycles. The van der Waals surface area contributed by atoms with Gasteiger partial charge in [-0.1, -0.05) is 12.1 Å². The first-order chi connectivity index (χ1) is 9.43. The summed E-state index contributed by atoms with van der Waals surface area (Å²) < 4.78 is 44.0. The largest absolute Gasteiger partial charge is 0.417 e. The smallest absolute Gasteiger partial charge is 0.380 e. The van der Waals surface area contributed by atoms with Crippen molar-refractivity contribution in [3.05, 3.63) is 35.4 Å². The highest BCUT2D eigenvalue weighted by molar-refractivity contribution is 5.96. The Morgan fingerprint density at radius 2 is 2.05 bits per heavy atom. The molecule has 0 spiro atoms. The monoisotopic (exact) mass is 287 g/mol. The van der Waals surface area contributed by atoms with Crippen molar-refractivity contribution in [2.45, 2.75) is 25.1 Å². The van der Waals surface area contributed by atoms with Gasteiger partial charge >= 0.3 is 6.18 Å². The lowest BCUT2D eigenvalue weighted by Gasteiger charge is -2.32. The highest BCUT2D eigenvalue weighted by Gasteiger charge is 2.36. The first kappa shape index (κ1) is 14.8. The third-order valence-electron chi connectivity index (χ3n) is 3.46. The second-order valence-corrected chi connectivity index (χ2v) is 4.79. The van der Waals surface area contributed by atoms with E-state index in [-0.39, 0.29) is 11.7 Å². The number of piperidine rings is 1. The van der Waals surface area contributed by atoms with Crippen molar-refractivity contribution < 1.29 is 22.7 Å². The zero-order chi connectivity index (χ0) is 14.8. The average molecular weight is 287 g/mol. The first-order valence-corrected chi connectivity index (χ1v) is 6.41. The lowest BCUT2D eigenvalue weighted by atomic mass is 10.0. The molecule has 1 aromatic carbocycles. The number of rotatable bonds is 2. The highest BCUT2D eigenvalue weighted by Crippen LogP contribution is 2.32. The summed E-state index contributed by atoms with van der Waals surface area (Å²) in [6.45, 7) is 0.798. The number of hydrogen-bond donors (Lipinski definition) is 0. The van der Waals surface area contributed by atoms with E-state index in [1.165, 1.54) is 23.1 Å². The van der Waals surface area contributed by atoms with Crippen molar-refractivity contribution in [2.75, 3.05) is 20.2 Å². The predicted molar refractivity (Wildman–Crippen MR) is 67.4 cm³/mol. The number of nitrogens with zero attached hydrogens (tertiary/aromatic N) is 1. The summed E-state index contributed by atoms with van der Waals surface area (Å²) in [5.74, 6) is -0.584. The Bertz CT molecular complexity index is 488. The summed E-state index contributed by atoms with van der Waals surface area (Å²) in [7, 11) is 1.54. The Kier molecular flexibility index (Phi) is 4.32. The molecule has 0 saturated carbocycles. The minimum absolute atomic E-state index is 0.106. The van der Waals surface area contributed by atoms with E-state index in [1.54, 1.807) is 7.11 Å². The zero-order valence-electron chi connectivity index (χ0n) is 11.1. The topological polar surface area (TPSA) is 29.5 Å². The molecule has 1 aromatic rings. The normalized spacial score (nSPS) is 20.0. The van der Waals surface area contributed by atoms with Crippen LogP contribution in [0.15, 0.2) is 24.3 Å². The maximum absolute atomic E-state index is 12.9. The summed E-state index contributed by atoms with van der Waals surface area (Å²) in [6.07, 6.45) is -3.08. The number of alkyl halides is 3. The van der Waals surface area contributed by atoms with Crippen LogP contribution in [0.2, 0.25) is 0 Å². The second-order valence-electron chi connectivity index (χ2n) is 4.79. The lowest BCUT2D eigenvalue weighted by molar-refractivity contribution is -0.138. The second kappa shape index (κ2) is 5.83. The van der Waals surface area contributed by atoms with E-state index in [0.717, 1.165) is 18.9 Å². The van der Waals surface area contributed by atoms with Gasteiger partial charge in [0.05, 0.1) is 17.2 Å². The third-order valence-corrected chi connectivity index (χ3v) is 3.46. The maximum atomic E-state index is 12.9. The van der Waals surface area contributed by atoms with Crippen molar-refractivity contribution in [3.8, 4) is 0 Å². The van der Waals surface area contributed by atoms with Crippen LogP contribution in [0, 0.1) is 0 Å². The van der Waals surface area contributed by atoms with Gasteiger partial charge < -0.3 is 9.64 Å². The van der Waals surface area contributed by atoms with Crippen LogP contribution in [0.1, 0.15) is 28.8 Å². The molecule has 0 unspecified atom stereocenters. The van der Waals surface area contributed by atoms with Crippen LogP contribution in [0.3, 0.4) is 0 Å². The van der Waals surface area contributed by atoms with Crippen LogP contribution in [0.25, 0.3) is 0 Å². The van der Waals surface area contributed by atoms with Gasteiger partial charge in [0.15, 0.2) is 0 Å². The molecule has 3 nitrogen and oxygen atoms in total. The number of amides is 1. The summed E-state index contributed by atoms with van der Waals surface area (Å²) in [5.41, 5.74) is -1.18. The minimum Gasteiger partial charge on any atom is -0.380 e. The van der Waals surface area contributed by atoms with Crippen LogP contribution in [0.5, 0.6) is 0 Å². The van der Waals surface area contributed by atoms with E-state index >= 15 is 0 Å². The Labute approximate surface area is 115 Å². The fourth-order valence-corrected chi connectivity index (χ4v) is 2.40. The fraction of sp³-hybridized carbons (Fsp3) is 0.500. The molecule has 1 amide bonds. The summed E-state index contributed by atoms with van der Waals surface area (Å²) >= 11 is 0. The molecule has 20 heavy (non-hydrogen) atoms. The Hall–Kier alpha value is -1.56. The molecule has 0 bridgehead atoms. The summed E-state index contributed by atoms with van der Waals surface area (Å²) in [4.78, 5) is 13.7. The van der Waals surface area contributed by atoms with E-state index < -0.39 is 17.6 Å². The van der Waals surface area contributed by atoms with Crippen molar-refractivity contribution >= 4 is 5.91 Å². The molecule has 0 aromatic heterocycles. The molecule has 110 valence electrons. The van der Waals surface area contributed by atoms with Gasteiger partial charge in [0.25, 0.3) is 5.91 Å². The van der Waals surface area contributed by atoms with E-state index in [1.807, 2.05) is 0 Å². The molecule has 1 heterocycles. The summed E-state index contributed by atoms with van der Waals surface area (Å²) in [5, 5.41) is 0. The van der Waals surface area contributed by atoms with Gasteiger partial charge in [0, 0.05) is 20.2 Å². The van der Waals surface area contributed by atoms with Crippen molar-refractivity contribution in [2.24, 2.45) is 0 Å². The SMILES string of the molecule is CO[C@@H]1CCCN(C(=O)c2ccccc2C(F)(F)F)C1. The zero-order valence-corrected chi connectivity index (χ0v) is 11.1. The predicted octanol–water partition coefficient (Wildman–Crippen LogP) is 2.96. The highest BCUT2D eigenvalue weighted by atomic mass is 19.4.